The molecule has 0 radical (unpaired) electrons. The van der Waals surface area contributed by atoms with Gasteiger partial charge in [0.2, 0.25) is 5.95 Å². The van der Waals surface area contributed by atoms with Crippen LogP contribution in [0.25, 0.3) is 210 Å². The first-order valence-electron chi connectivity index (χ1n) is 37.8. The highest BCUT2D eigenvalue weighted by Crippen LogP contribution is 2.51. The van der Waals surface area contributed by atoms with Gasteiger partial charge >= 0.3 is 0 Å². The van der Waals surface area contributed by atoms with Gasteiger partial charge in [0.25, 0.3) is 0 Å². The van der Waals surface area contributed by atoms with E-state index in [1.54, 1.807) is 0 Å². The molecule has 23 aromatic rings. The lowest BCUT2D eigenvalue weighted by Gasteiger charge is -2.27. The molecule has 7 aromatic heterocycles. The molecule has 7 heterocycles. The Morgan fingerprint density at radius 1 is 0.205 bits per heavy atom. The normalized spacial score (nSPS) is 11.9. The maximum Gasteiger partial charge on any atom is 0.235 e. The molecule has 0 aliphatic rings. The summed E-state index contributed by atoms with van der Waals surface area (Å²) in [5, 5.41) is 38.5. The molecule has 0 aliphatic heterocycles. The number of aromatic nitrogens is 8. The van der Waals surface area contributed by atoms with Gasteiger partial charge < -0.3 is 22.8 Å². The molecule has 0 aliphatic carbocycles. The molecule has 10 nitrogen and oxygen atoms in total. The minimum absolute atomic E-state index is 0.332. The quantitative estimate of drug-likeness (QED) is 0.136. The van der Waals surface area contributed by atoms with Crippen molar-refractivity contribution in [1.82, 2.24) is 37.4 Å². The predicted molar refractivity (Wildman–Crippen MR) is 459 cm³/mol. The summed E-state index contributed by atoms with van der Waals surface area (Å²) in [5.41, 5.74) is 23.3. The van der Waals surface area contributed by atoms with Crippen LogP contribution >= 0.6 is 0 Å². The van der Waals surface area contributed by atoms with Crippen LogP contribution in [0, 0.1) is 22.7 Å². The van der Waals surface area contributed by atoms with Crippen LogP contribution in [0.5, 0.6) is 0 Å². The lowest BCUT2D eigenvalue weighted by Crippen LogP contribution is -2.16. The summed E-state index contributed by atoms with van der Waals surface area (Å²) in [7, 11) is 0. The van der Waals surface area contributed by atoms with Crippen molar-refractivity contribution in [2.45, 2.75) is 0 Å². The minimum Gasteiger partial charge on any atom is -0.309 e. The van der Waals surface area contributed by atoms with Crippen molar-refractivity contribution >= 4 is 131 Å². The molecule has 23 rings (SSSR count). The lowest BCUT2D eigenvalue weighted by atomic mass is 9.96. The zero-order valence-corrected chi connectivity index (χ0v) is 60.1. The first-order chi connectivity index (χ1) is 55.5. The van der Waals surface area contributed by atoms with E-state index in [-0.39, 0.29) is 0 Å². The Balaban J connectivity index is 0.753. The third-order valence-electron chi connectivity index (χ3n) is 23.1. The molecule has 0 spiro atoms. The van der Waals surface area contributed by atoms with E-state index in [0.29, 0.717) is 39.8 Å². The van der Waals surface area contributed by atoms with Crippen LogP contribution in [0.1, 0.15) is 11.1 Å². The number of nitriles is 2. The van der Waals surface area contributed by atoms with Crippen molar-refractivity contribution < 1.29 is 0 Å². The maximum atomic E-state index is 12.9. The highest BCUT2D eigenvalue weighted by Gasteiger charge is 2.35. The molecule has 0 amide bonds. The zero-order valence-electron chi connectivity index (χ0n) is 60.1. The Bertz CT molecular complexity index is 7730. The third-order valence-corrected chi connectivity index (χ3v) is 23.1. The number of hydrogen-bond acceptors (Lipinski definition) is 4. The smallest absolute Gasteiger partial charge is 0.235 e. The highest BCUT2D eigenvalue weighted by atomic mass is 15.2. The van der Waals surface area contributed by atoms with Crippen LogP contribution in [0.15, 0.2) is 364 Å². The molecular formula is C102H60N10. The molecule has 0 N–H and O–H groups in total. The number of fused-ring (bicyclic) bond motifs is 18. The number of hydrogen-bond donors (Lipinski definition) is 0. The van der Waals surface area contributed by atoms with E-state index in [2.05, 4.69) is 397 Å². The van der Waals surface area contributed by atoms with Crippen LogP contribution in [-0.2, 0) is 0 Å². The average Bonchev–Trinajstić information content (AvgIpc) is 1.50. The first kappa shape index (κ1) is 62.6. The Labute approximate surface area is 641 Å². The topological polar surface area (TPSA) is 103 Å². The largest absolute Gasteiger partial charge is 0.309 e. The zero-order chi connectivity index (χ0) is 73.8. The summed E-state index contributed by atoms with van der Waals surface area (Å²) in [4.78, 5) is 11.1. The molecule has 16 aromatic carbocycles. The Morgan fingerprint density at radius 3 is 0.991 bits per heavy atom. The molecule has 10 heteroatoms. The van der Waals surface area contributed by atoms with Gasteiger partial charge in [0.1, 0.15) is 23.3 Å². The molecule has 0 fully saturated rings. The molecule has 112 heavy (non-hydrogen) atoms. The van der Waals surface area contributed by atoms with Gasteiger partial charge in [0, 0.05) is 81.4 Å². The SMILES string of the molecule is N#Cc1c(-n2c3ccccc3c3ccccc32)c(-n2c3ccccc3c3ccccc32)c(-n2c3ccccc3c3ccccc32)c(C#N)c1-n1c2ccccc2c2c(-c3cccc(-c4cc(-c5ccccc5)nc(-n5c6ccccc6c6cc(-c7ccc8c(c7)c7ccccc7n8-c7ccccc7)ccc65)n4)c3)cccc21. The van der Waals surface area contributed by atoms with Gasteiger partial charge in [-0.1, -0.05) is 255 Å². The van der Waals surface area contributed by atoms with E-state index in [1.807, 2.05) is 6.07 Å². The third kappa shape index (κ3) is 9.06. The van der Waals surface area contributed by atoms with Gasteiger partial charge in [-0.05, 0) is 131 Å². The molecule has 0 bridgehead atoms. The number of benzene rings is 16. The lowest BCUT2D eigenvalue weighted by molar-refractivity contribution is 0.995. The van der Waals surface area contributed by atoms with Crippen molar-refractivity contribution in [2.75, 3.05) is 0 Å². The van der Waals surface area contributed by atoms with Crippen LogP contribution < -0.4 is 0 Å². The van der Waals surface area contributed by atoms with Crippen LogP contribution in [0.2, 0.25) is 0 Å². The van der Waals surface area contributed by atoms with Crippen LogP contribution in [0.3, 0.4) is 0 Å². The summed E-state index contributed by atoms with van der Waals surface area (Å²) in [6.45, 7) is 0. The Morgan fingerprint density at radius 2 is 0.527 bits per heavy atom. The van der Waals surface area contributed by atoms with E-state index in [9.17, 15) is 10.5 Å². The fourth-order valence-electron chi connectivity index (χ4n) is 18.4. The van der Waals surface area contributed by atoms with E-state index < -0.39 is 0 Å². The van der Waals surface area contributed by atoms with E-state index in [4.69, 9.17) is 9.97 Å². The van der Waals surface area contributed by atoms with Crippen LogP contribution in [-0.4, -0.2) is 37.4 Å². The first-order valence-corrected chi connectivity index (χ1v) is 37.8. The van der Waals surface area contributed by atoms with Gasteiger partial charge in [0.15, 0.2) is 0 Å². The number of nitrogens with zero attached hydrogens (tertiary/aromatic N) is 10. The Hall–Kier alpha value is -15.6. The second-order valence-electron chi connectivity index (χ2n) is 28.9. The number of para-hydroxylation sites is 10. The predicted octanol–water partition coefficient (Wildman–Crippen LogP) is 25.5. The molecule has 518 valence electrons. The highest BCUT2D eigenvalue weighted by molar-refractivity contribution is 6.19. The second-order valence-corrected chi connectivity index (χ2v) is 28.9. The van der Waals surface area contributed by atoms with Gasteiger partial charge in [-0.3, -0.25) is 4.57 Å². The summed E-state index contributed by atoms with van der Waals surface area (Å²) < 4.78 is 13.7. The monoisotopic (exact) mass is 1420 g/mol. The van der Waals surface area contributed by atoms with Crippen LogP contribution in [0.4, 0.5) is 0 Å². The standard InChI is InChI=1S/C102H60N10/c103-61-81-98(82(62-104)100(109-88-46-19-9-35-72(88)73-36-10-20-47-89(73)109)101(110-90-48-21-11-37-74(90)75-38-12-22-49-91(75)110)99(81)108-86-44-17-7-33-70(86)71-34-8-18-45-87(71)108)111-93-51-24-15-41-78(93)97-69(42-26-52-96(97)111)66-29-25-30-67(57-66)84-60-83(63-27-3-1-4-28-63)105-102(106-84)112-92-50-23-14-40-77(92)80-59-65(54-56-95(80)112)64-53-55-94-79(58-64)76-39-13-16-43-85(76)107(94)68-31-5-2-6-32-68/h1-60H. The second kappa shape index (κ2) is 24.5. The van der Waals surface area contributed by atoms with Crippen molar-refractivity contribution in [1.29, 1.82) is 10.5 Å². The Kier molecular flexibility index (Phi) is 13.7. The van der Waals surface area contributed by atoms with E-state index in [0.717, 1.165) is 165 Å². The van der Waals surface area contributed by atoms with Gasteiger partial charge in [-0.15, -0.1) is 0 Å². The van der Waals surface area contributed by atoms with Crippen molar-refractivity contribution in [2.24, 2.45) is 0 Å². The number of rotatable bonds is 10. The van der Waals surface area contributed by atoms with Crippen molar-refractivity contribution in [3.63, 3.8) is 0 Å². The summed E-state index contributed by atoms with van der Waals surface area (Å²) in [5.74, 6) is 0.548. The summed E-state index contributed by atoms with van der Waals surface area (Å²) in [6, 6.07) is 134. The fraction of sp³-hybridized carbons (Fsp3) is 0. The molecule has 0 saturated carbocycles. The summed E-state index contributed by atoms with van der Waals surface area (Å²) >= 11 is 0. The summed E-state index contributed by atoms with van der Waals surface area (Å²) in [6.07, 6.45) is 0. The molecule has 0 unspecified atom stereocenters. The van der Waals surface area contributed by atoms with Crippen molar-refractivity contribution in [3.05, 3.63) is 375 Å². The van der Waals surface area contributed by atoms with Gasteiger partial charge in [-0.25, -0.2) is 9.97 Å². The van der Waals surface area contributed by atoms with E-state index >= 15 is 0 Å². The molecular weight excluding hydrogens is 1370 g/mol. The molecule has 0 saturated heterocycles. The molecule has 0 atom stereocenters. The average molecular weight is 1430 g/mol. The minimum atomic E-state index is 0.332. The maximum absolute atomic E-state index is 12.9. The van der Waals surface area contributed by atoms with Gasteiger partial charge in [-0.2, -0.15) is 10.5 Å². The van der Waals surface area contributed by atoms with Crippen molar-refractivity contribution in [3.8, 4) is 91.3 Å². The fourth-order valence-corrected chi connectivity index (χ4v) is 18.4. The van der Waals surface area contributed by atoms with Gasteiger partial charge in [0.05, 0.1) is 100 Å². The van der Waals surface area contributed by atoms with E-state index in [1.165, 1.54) is 16.3 Å².